The number of carbonyl (C=O) groups excluding carboxylic acids is 2. The first kappa shape index (κ1) is 26.1. The summed E-state index contributed by atoms with van der Waals surface area (Å²) >= 11 is 6.13. The van der Waals surface area contributed by atoms with Crippen molar-refractivity contribution in [2.45, 2.75) is 33.4 Å². The van der Waals surface area contributed by atoms with E-state index in [1.54, 1.807) is 42.6 Å². The van der Waals surface area contributed by atoms with E-state index in [-0.39, 0.29) is 11.7 Å². The molecular weight excluding hydrogens is 491 g/mol. The molecule has 4 rings (SSSR count). The number of fused-ring (bicyclic) bond motifs is 1. The molecule has 0 aliphatic heterocycles. The lowest BCUT2D eigenvalue weighted by Crippen LogP contribution is -2.48. The predicted molar refractivity (Wildman–Crippen MR) is 145 cm³/mol. The van der Waals surface area contributed by atoms with Gasteiger partial charge >= 0.3 is 0 Å². The summed E-state index contributed by atoms with van der Waals surface area (Å²) < 4.78 is 15.5. The summed E-state index contributed by atoms with van der Waals surface area (Å²) in [5.74, 6) is -1.31. The van der Waals surface area contributed by atoms with Crippen molar-refractivity contribution in [2.24, 2.45) is 11.0 Å². The van der Waals surface area contributed by atoms with E-state index in [1.807, 2.05) is 45.0 Å². The van der Waals surface area contributed by atoms with Gasteiger partial charge in [-0.05, 0) is 48.7 Å². The zero-order chi connectivity index (χ0) is 26.5. The molecule has 0 fully saturated rings. The Morgan fingerprint density at radius 2 is 1.70 bits per heavy atom. The molecule has 0 aliphatic rings. The van der Waals surface area contributed by atoms with Gasteiger partial charge in [-0.15, -0.1) is 0 Å². The maximum Gasteiger partial charge on any atom is 0.262 e. The Morgan fingerprint density at radius 3 is 2.41 bits per heavy atom. The van der Waals surface area contributed by atoms with Crippen molar-refractivity contribution in [3.63, 3.8) is 0 Å². The van der Waals surface area contributed by atoms with Crippen LogP contribution in [0.15, 0.2) is 77.9 Å². The smallest absolute Gasteiger partial charge is 0.262 e. The molecule has 3 aromatic carbocycles. The van der Waals surface area contributed by atoms with Gasteiger partial charge in [0.1, 0.15) is 11.9 Å². The second-order valence-corrected chi connectivity index (χ2v) is 9.55. The van der Waals surface area contributed by atoms with Gasteiger partial charge in [0.15, 0.2) is 0 Å². The average molecular weight is 519 g/mol. The third kappa shape index (κ3) is 5.89. The summed E-state index contributed by atoms with van der Waals surface area (Å²) in [5, 5.41) is 8.27. The molecule has 0 saturated heterocycles. The lowest BCUT2D eigenvalue weighted by molar-refractivity contribution is -0.123. The minimum absolute atomic E-state index is 0.180. The van der Waals surface area contributed by atoms with Gasteiger partial charge in [-0.2, -0.15) is 5.10 Å². The third-order valence-corrected chi connectivity index (χ3v) is 6.59. The van der Waals surface area contributed by atoms with Crippen LogP contribution in [-0.4, -0.2) is 28.6 Å². The molecule has 4 aromatic rings. The van der Waals surface area contributed by atoms with Crippen LogP contribution < -0.4 is 10.7 Å². The number of benzene rings is 3. The summed E-state index contributed by atoms with van der Waals surface area (Å²) in [5.41, 5.74) is 6.66. The monoisotopic (exact) mass is 518 g/mol. The first-order valence-corrected chi connectivity index (χ1v) is 12.3. The molecule has 37 heavy (non-hydrogen) atoms. The second kappa shape index (κ2) is 11.4. The molecule has 190 valence electrons. The van der Waals surface area contributed by atoms with Crippen molar-refractivity contribution in [1.29, 1.82) is 0 Å². The molecule has 2 amide bonds. The van der Waals surface area contributed by atoms with Crippen molar-refractivity contribution >= 4 is 40.5 Å². The zero-order valence-corrected chi connectivity index (χ0v) is 21.6. The van der Waals surface area contributed by atoms with Crippen LogP contribution in [0.1, 0.15) is 41.0 Å². The average Bonchev–Trinajstić information content (AvgIpc) is 3.14. The number of nitrogens with one attached hydrogen (secondary N) is 2. The zero-order valence-electron chi connectivity index (χ0n) is 20.8. The molecule has 0 aliphatic carbocycles. The molecule has 1 heterocycles. The number of nitrogens with zero attached hydrogens (tertiary/aromatic N) is 2. The van der Waals surface area contributed by atoms with E-state index in [9.17, 15) is 14.0 Å². The fourth-order valence-corrected chi connectivity index (χ4v) is 4.45. The van der Waals surface area contributed by atoms with Crippen LogP contribution in [0.25, 0.3) is 10.9 Å². The van der Waals surface area contributed by atoms with Gasteiger partial charge in [-0.25, -0.2) is 9.82 Å². The van der Waals surface area contributed by atoms with Gasteiger partial charge in [-0.1, -0.05) is 67.9 Å². The summed E-state index contributed by atoms with van der Waals surface area (Å²) in [6, 6.07) is 20.2. The van der Waals surface area contributed by atoms with E-state index in [0.29, 0.717) is 17.1 Å². The van der Waals surface area contributed by atoms with Gasteiger partial charge in [0, 0.05) is 28.7 Å². The molecule has 0 saturated carbocycles. The highest BCUT2D eigenvalue weighted by atomic mass is 35.5. The summed E-state index contributed by atoms with van der Waals surface area (Å²) in [6.45, 7) is 6.23. The number of halogens is 2. The quantitative estimate of drug-likeness (QED) is 0.232. The van der Waals surface area contributed by atoms with Crippen LogP contribution in [0.4, 0.5) is 4.39 Å². The molecular formula is C29H28ClFN4O2. The van der Waals surface area contributed by atoms with Crippen molar-refractivity contribution in [2.75, 3.05) is 0 Å². The van der Waals surface area contributed by atoms with E-state index >= 15 is 0 Å². The van der Waals surface area contributed by atoms with Crippen LogP contribution in [0, 0.1) is 18.7 Å². The summed E-state index contributed by atoms with van der Waals surface area (Å²) in [7, 11) is 0. The lowest BCUT2D eigenvalue weighted by atomic mass is 10.0. The number of para-hydroxylation sites is 1. The number of carbonyl (C=O) groups is 2. The Hall–Kier alpha value is -3.97. The Kier molecular flexibility index (Phi) is 8.04. The Bertz CT molecular complexity index is 1460. The fourth-order valence-electron chi connectivity index (χ4n) is 4.23. The standard InChI is InChI=1S/C29H28ClFN4O2/c1-18(2)27(33-28(36)23-9-4-6-10-25(23)30)29(37)34-32-16-24-19(3)35(26-11-7-5-8-22(24)26)17-20-12-14-21(31)15-13-20/h4-16,18,27H,17H2,1-3H3,(H,33,36)(H,34,37). The maximum atomic E-state index is 13.4. The normalized spacial score (nSPS) is 12.3. The van der Waals surface area contributed by atoms with Crippen molar-refractivity contribution < 1.29 is 14.0 Å². The number of hydrogen-bond donors (Lipinski definition) is 2. The van der Waals surface area contributed by atoms with Crippen molar-refractivity contribution in [1.82, 2.24) is 15.3 Å². The van der Waals surface area contributed by atoms with Crippen LogP contribution >= 0.6 is 11.6 Å². The van der Waals surface area contributed by atoms with Crippen LogP contribution in [0.3, 0.4) is 0 Å². The summed E-state index contributed by atoms with van der Waals surface area (Å²) in [4.78, 5) is 25.6. The molecule has 8 heteroatoms. The van der Waals surface area contributed by atoms with E-state index in [0.717, 1.165) is 27.7 Å². The SMILES string of the molecule is Cc1c(C=NNC(=O)C(NC(=O)c2ccccc2Cl)C(C)C)c2ccccc2n1Cc1ccc(F)cc1. The highest BCUT2D eigenvalue weighted by Crippen LogP contribution is 2.25. The molecule has 2 N–H and O–H groups in total. The highest BCUT2D eigenvalue weighted by molar-refractivity contribution is 6.33. The number of aromatic nitrogens is 1. The maximum absolute atomic E-state index is 13.4. The number of hydrogen-bond acceptors (Lipinski definition) is 3. The van der Waals surface area contributed by atoms with E-state index < -0.39 is 17.9 Å². The second-order valence-electron chi connectivity index (χ2n) is 9.14. The third-order valence-electron chi connectivity index (χ3n) is 6.26. The minimum Gasteiger partial charge on any atom is -0.340 e. The van der Waals surface area contributed by atoms with Crippen molar-refractivity contribution in [3.05, 3.63) is 106 Å². The van der Waals surface area contributed by atoms with Gasteiger partial charge in [0.2, 0.25) is 0 Å². The van der Waals surface area contributed by atoms with Gasteiger partial charge in [-0.3, -0.25) is 9.59 Å². The van der Waals surface area contributed by atoms with Crippen LogP contribution in [-0.2, 0) is 11.3 Å². The minimum atomic E-state index is -0.804. The first-order chi connectivity index (χ1) is 17.8. The highest BCUT2D eigenvalue weighted by Gasteiger charge is 2.25. The Morgan fingerprint density at radius 1 is 1.03 bits per heavy atom. The molecule has 0 spiro atoms. The topological polar surface area (TPSA) is 75.5 Å². The van der Waals surface area contributed by atoms with Crippen LogP contribution in [0.5, 0.6) is 0 Å². The fraction of sp³-hybridized carbons (Fsp3) is 0.207. The van der Waals surface area contributed by atoms with Gasteiger partial charge < -0.3 is 9.88 Å². The first-order valence-electron chi connectivity index (χ1n) is 12.0. The lowest BCUT2D eigenvalue weighted by Gasteiger charge is -2.20. The number of hydrazone groups is 1. The summed E-state index contributed by atoms with van der Waals surface area (Å²) in [6.07, 6.45) is 1.62. The van der Waals surface area contributed by atoms with Crippen LogP contribution in [0.2, 0.25) is 5.02 Å². The molecule has 0 radical (unpaired) electrons. The van der Waals surface area contributed by atoms with Gasteiger partial charge in [0.05, 0.1) is 16.8 Å². The molecule has 0 bridgehead atoms. The van der Waals surface area contributed by atoms with E-state index in [4.69, 9.17) is 11.6 Å². The van der Waals surface area contributed by atoms with Crippen molar-refractivity contribution in [3.8, 4) is 0 Å². The number of rotatable bonds is 8. The largest absolute Gasteiger partial charge is 0.340 e. The number of amides is 2. The van der Waals surface area contributed by atoms with E-state index in [1.165, 1.54) is 12.1 Å². The predicted octanol–water partition coefficient (Wildman–Crippen LogP) is 5.70. The Labute approximate surface area is 220 Å². The van der Waals surface area contributed by atoms with Gasteiger partial charge in [0.25, 0.3) is 11.8 Å². The molecule has 1 atom stereocenters. The molecule has 6 nitrogen and oxygen atoms in total. The molecule has 1 aromatic heterocycles. The Balaban J connectivity index is 1.53. The van der Waals surface area contributed by atoms with E-state index in [2.05, 4.69) is 20.4 Å². The molecule has 1 unspecified atom stereocenters.